The van der Waals surface area contributed by atoms with Crippen LogP contribution in [0.4, 0.5) is 4.79 Å². The number of aryl methyl sites for hydroxylation is 3. The normalized spacial score (nSPS) is 14.4. The number of carbonyl (C=O) groups excluding carboxylic acids is 3. The second kappa shape index (κ2) is 10.4. The second-order valence-corrected chi connectivity index (χ2v) is 8.01. The topological polar surface area (TPSA) is 115 Å². The Morgan fingerprint density at radius 3 is 2.56 bits per heavy atom. The molecule has 0 aromatic carbocycles. The molecule has 2 amide bonds. The monoisotopic (exact) mass is 445 g/mol. The van der Waals surface area contributed by atoms with Crippen molar-refractivity contribution in [2.45, 2.75) is 59.4 Å². The van der Waals surface area contributed by atoms with Crippen LogP contribution in [0.3, 0.4) is 0 Å². The molecule has 2 aromatic rings. The SMILES string of the molecule is CCOC(=O)N1CCC(NC(=O)COC(=O)CCc2c(C)nc3cc(C)nn3c2C)CC1. The number of ether oxygens (including phenoxy) is 2. The summed E-state index contributed by atoms with van der Waals surface area (Å²) in [4.78, 5) is 42.2. The molecule has 0 bridgehead atoms. The van der Waals surface area contributed by atoms with Gasteiger partial charge in [0, 0.05) is 43.0 Å². The highest BCUT2D eigenvalue weighted by molar-refractivity contribution is 5.80. The fourth-order valence-electron chi connectivity index (χ4n) is 3.94. The van der Waals surface area contributed by atoms with Crippen molar-refractivity contribution in [1.29, 1.82) is 0 Å². The molecule has 32 heavy (non-hydrogen) atoms. The molecule has 0 atom stereocenters. The van der Waals surface area contributed by atoms with Crippen LogP contribution in [0.1, 0.15) is 48.8 Å². The maximum absolute atomic E-state index is 12.2. The Kier molecular flexibility index (Phi) is 7.66. The molecule has 0 saturated carbocycles. The minimum atomic E-state index is -0.437. The van der Waals surface area contributed by atoms with Crippen molar-refractivity contribution < 1.29 is 23.9 Å². The van der Waals surface area contributed by atoms with E-state index in [4.69, 9.17) is 9.47 Å². The van der Waals surface area contributed by atoms with Crippen LogP contribution in [0.5, 0.6) is 0 Å². The fraction of sp³-hybridized carbons (Fsp3) is 0.591. The average Bonchev–Trinajstić information content (AvgIpc) is 3.13. The summed E-state index contributed by atoms with van der Waals surface area (Å²) in [6, 6.07) is 1.87. The molecule has 0 spiro atoms. The maximum atomic E-state index is 12.2. The molecule has 3 heterocycles. The minimum Gasteiger partial charge on any atom is -0.456 e. The van der Waals surface area contributed by atoms with Crippen LogP contribution in [0.25, 0.3) is 5.65 Å². The van der Waals surface area contributed by atoms with Gasteiger partial charge in [-0.05, 0) is 52.5 Å². The van der Waals surface area contributed by atoms with E-state index in [9.17, 15) is 14.4 Å². The van der Waals surface area contributed by atoms with Crippen molar-refractivity contribution in [3.05, 3.63) is 28.7 Å². The number of rotatable bonds is 7. The first kappa shape index (κ1) is 23.5. The van der Waals surface area contributed by atoms with E-state index < -0.39 is 5.97 Å². The van der Waals surface area contributed by atoms with Gasteiger partial charge in [0.1, 0.15) is 0 Å². The van der Waals surface area contributed by atoms with Crippen LogP contribution in [0, 0.1) is 20.8 Å². The molecule has 0 unspecified atom stereocenters. The lowest BCUT2D eigenvalue weighted by molar-refractivity contribution is -0.148. The zero-order valence-corrected chi connectivity index (χ0v) is 19.1. The molecule has 1 N–H and O–H groups in total. The molecule has 1 aliphatic heterocycles. The average molecular weight is 446 g/mol. The first-order valence-electron chi connectivity index (χ1n) is 11.0. The highest BCUT2D eigenvalue weighted by Crippen LogP contribution is 2.17. The molecule has 2 aromatic heterocycles. The third kappa shape index (κ3) is 5.74. The van der Waals surface area contributed by atoms with Crippen molar-refractivity contribution in [2.75, 3.05) is 26.3 Å². The van der Waals surface area contributed by atoms with Gasteiger partial charge in [0.25, 0.3) is 5.91 Å². The van der Waals surface area contributed by atoms with Crippen LogP contribution in [-0.2, 0) is 25.5 Å². The molecular weight excluding hydrogens is 414 g/mol. The summed E-state index contributed by atoms with van der Waals surface area (Å²) in [6.45, 7) is 8.62. The van der Waals surface area contributed by atoms with Crippen molar-refractivity contribution >= 4 is 23.6 Å². The van der Waals surface area contributed by atoms with Crippen molar-refractivity contribution in [3.8, 4) is 0 Å². The third-order valence-electron chi connectivity index (χ3n) is 5.62. The molecule has 3 rings (SSSR count). The number of likely N-dealkylation sites (tertiary alicyclic amines) is 1. The fourth-order valence-corrected chi connectivity index (χ4v) is 3.94. The van der Waals surface area contributed by atoms with E-state index in [1.165, 1.54) is 0 Å². The zero-order valence-electron chi connectivity index (χ0n) is 19.1. The maximum Gasteiger partial charge on any atom is 0.409 e. The van der Waals surface area contributed by atoms with E-state index in [0.717, 1.165) is 28.3 Å². The van der Waals surface area contributed by atoms with E-state index in [1.807, 2.05) is 26.8 Å². The van der Waals surface area contributed by atoms with E-state index >= 15 is 0 Å². The first-order valence-corrected chi connectivity index (χ1v) is 11.0. The van der Waals surface area contributed by atoms with Crippen LogP contribution in [0.15, 0.2) is 6.07 Å². The predicted molar refractivity (Wildman–Crippen MR) is 116 cm³/mol. The Morgan fingerprint density at radius 2 is 1.88 bits per heavy atom. The van der Waals surface area contributed by atoms with Gasteiger partial charge >= 0.3 is 12.1 Å². The Morgan fingerprint density at radius 1 is 1.16 bits per heavy atom. The van der Waals surface area contributed by atoms with Crippen LogP contribution in [-0.4, -0.2) is 69.8 Å². The minimum absolute atomic E-state index is 0.0486. The summed E-state index contributed by atoms with van der Waals surface area (Å²) in [5.41, 5.74) is 4.42. The predicted octanol–water partition coefficient (Wildman–Crippen LogP) is 1.87. The molecule has 1 aliphatic rings. The van der Waals surface area contributed by atoms with E-state index in [0.29, 0.717) is 39.0 Å². The van der Waals surface area contributed by atoms with Gasteiger partial charge < -0.3 is 19.7 Å². The molecule has 10 heteroatoms. The summed E-state index contributed by atoms with van der Waals surface area (Å²) in [7, 11) is 0. The lowest BCUT2D eigenvalue weighted by Gasteiger charge is -2.31. The van der Waals surface area contributed by atoms with E-state index in [2.05, 4.69) is 15.4 Å². The number of hydrogen-bond donors (Lipinski definition) is 1. The van der Waals surface area contributed by atoms with Gasteiger partial charge in [0.2, 0.25) is 0 Å². The summed E-state index contributed by atoms with van der Waals surface area (Å²) >= 11 is 0. The van der Waals surface area contributed by atoms with Gasteiger partial charge in [-0.15, -0.1) is 0 Å². The standard InChI is InChI=1S/C22H31N5O5/c1-5-31-22(30)26-10-8-17(9-11-26)24-20(28)13-32-21(29)7-6-18-15(3)23-19-12-14(2)25-27(19)16(18)4/h12,17H,5-11,13H2,1-4H3,(H,24,28). The van der Waals surface area contributed by atoms with E-state index in [-0.39, 0.29) is 31.1 Å². The summed E-state index contributed by atoms with van der Waals surface area (Å²) in [5.74, 6) is -0.775. The Balaban J connectivity index is 1.41. The molecule has 0 aliphatic carbocycles. The molecule has 1 fully saturated rings. The second-order valence-electron chi connectivity index (χ2n) is 8.01. The highest BCUT2D eigenvalue weighted by atomic mass is 16.6. The van der Waals surface area contributed by atoms with Crippen LogP contribution < -0.4 is 5.32 Å². The quantitative estimate of drug-likeness (QED) is 0.647. The first-order chi connectivity index (χ1) is 15.3. The number of amides is 2. The Bertz CT molecular complexity index is 994. The molecule has 0 radical (unpaired) electrons. The lowest BCUT2D eigenvalue weighted by atomic mass is 10.1. The van der Waals surface area contributed by atoms with Gasteiger partial charge in [-0.2, -0.15) is 5.10 Å². The van der Waals surface area contributed by atoms with Gasteiger partial charge in [-0.1, -0.05) is 0 Å². The number of piperidine rings is 1. The Labute approximate surface area is 187 Å². The largest absolute Gasteiger partial charge is 0.456 e. The van der Waals surface area contributed by atoms with Crippen LogP contribution >= 0.6 is 0 Å². The smallest absolute Gasteiger partial charge is 0.409 e. The summed E-state index contributed by atoms with van der Waals surface area (Å²) in [5, 5.41) is 7.30. The van der Waals surface area contributed by atoms with Crippen molar-refractivity contribution in [2.24, 2.45) is 0 Å². The van der Waals surface area contributed by atoms with Gasteiger partial charge in [-0.3, -0.25) is 9.59 Å². The number of nitrogens with zero attached hydrogens (tertiary/aromatic N) is 4. The summed E-state index contributed by atoms with van der Waals surface area (Å²) in [6.07, 6.45) is 1.57. The lowest BCUT2D eigenvalue weighted by Crippen LogP contribution is -2.47. The number of aromatic nitrogens is 3. The number of hydrogen-bond acceptors (Lipinski definition) is 7. The molecule has 10 nitrogen and oxygen atoms in total. The highest BCUT2D eigenvalue weighted by Gasteiger charge is 2.24. The third-order valence-corrected chi connectivity index (χ3v) is 5.62. The van der Waals surface area contributed by atoms with Gasteiger partial charge in [0.15, 0.2) is 12.3 Å². The number of fused-ring (bicyclic) bond motifs is 1. The molecular formula is C22H31N5O5. The summed E-state index contributed by atoms with van der Waals surface area (Å²) < 4.78 is 11.9. The van der Waals surface area contributed by atoms with Crippen molar-refractivity contribution in [3.63, 3.8) is 0 Å². The zero-order chi connectivity index (χ0) is 23.3. The van der Waals surface area contributed by atoms with Crippen LogP contribution in [0.2, 0.25) is 0 Å². The van der Waals surface area contributed by atoms with Gasteiger partial charge in [0.05, 0.1) is 12.3 Å². The number of nitrogens with one attached hydrogen (secondary N) is 1. The number of esters is 1. The molecule has 1 saturated heterocycles. The number of carbonyl (C=O) groups is 3. The molecule has 174 valence electrons. The van der Waals surface area contributed by atoms with E-state index in [1.54, 1.807) is 16.3 Å². The Hall–Kier alpha value is -3.17. The van der Waals surface area contributed by atoms with Gasteiger partial charge in [-0.25, -0.2) is 14.3 Å². The van der Waals surface area contributed by atoms with Crippen molar-refractivity contribution in [1.82, 2.24) is 24.8 Å².